The van der Waals surface area contributed by atoms with E-state index >= 15 is 0 Å². The Hall–Kier alpha value is -3.67. The summed E-state index contributed by atoms with van der Waals surface area (Å²) in [5, 5.41) is 10.3. The normalized spacial score (nSPS) is 24.4. The molecule has 0 radical (unpaired) electrons. The molecule has 2 saturated heterocycles. The van der Waals surface area contributed by atoms with Gasteiger partial charge in [-0.25, -0.2) is 0 Å². The van der Waals surface area contributed by atoms with Gasteiger partial charge >= 0.3 is 0 Å². The van der Waals surface area contributed by atoms with E-state index in [1.165, 1.54) is 16.0 Å². The zero-order valence-corrected chi connectivity index (χ0v) is 23.2. The summed E-state index contributed by atoms with van der Waals surface area (Å²) in [5.41, 5.74) is 6.20. The van der Waals surface area contributed by atoms with Crippen molar-refractivity contribution in [3.05, 3.63) is 106 Å². The summed E-state index contributed by atoms with van der Waals surface area (Å²) in [5.74, 6) is -0.823. The molecule has 1 N–H and O–H groups in total. The van der Waals surface area contributed by atoms with E-state index < -0.39 is 0 Å². The number of aromatic hydroxyl groups is 1. The Bertz CT molecular complexity index is 1500. The van der Waals surface area contributed by atoms with Crippen molar-refractivity contribution in [2.24, 2.45) is 17.8 Å². The molecule has 204 valence electrons. The van der Waals surface area contributed by atoms with Crippen LogP contribution in [-0.2, 0) is 14.3 Å². The minimum absolute atomic E-state index is 0.0699. The summed E-state index contributed by atoms with van der Waals surface area (Å²) in [7, 11) is 0. The number of allylic oxidation sites excluding steroid dienone is 2. The van der Waals surface area contributed by atoms with Crippen LogP contribution in [0.3, 0.4) is 0 Å². The molecule has 0 saturated carbocycles. The molecule has 4 atom stereocenters. The maximum Gasteiger partial charge on any atom is 0.238 e. The van der Waals surface area contributed by atoms with Gasteiger partial charge in [-0.15, -0.1) is 0 Å². The summed E-state index contributed by atoms with van der Waals surface area (Å²) in [6, 6.07) is 24.5. The Balaban J connectivity index is 1.27. The van der Waals surface area contributed by atoms with Crippen molar-refractivity contribution in [1.29, 1.82) is 0 Å². The Morgan fingerprint density at radius 2 is 1.73 bits per heavy atom. The van der Waals surface area contributed by atoms with Gasteiger partial charge in [0.1, 0.15) is 5.75 Å². The highest BCUT2D eigenvalue weighted by Crippen LogP contribution is 2.51. The van der Waals surface area contributed by atoms with Crippen LogP contribution in [0.15, 0.2) is 90.0 Å². The molecule has 2 aliphatic heterocycles. The molecule has 0 bridgehead atoms. The molecule has 6 heteroatoms. The van der Waals surface area contributed by atoms with E-state index in [1.807, 2.05) is 54.6 Å². The van der Waals surface area contributed by atoms with E-state index in [1.54, 1.807) is 12.1 Å². The van der Waals surface area contributed by atoms with Gasteiger partial charge in [-0.05, 0) is 84.4 Å². The lowest BCUT2D eigenvalue weighted by molar-refractivity contribution is -0.122. The van der Waals surface area contributed by atoms with Crippen LogP contribution in [0.25, 0.3) is 11.6 Å². The topological polar surface area (TPSA) is 66.8 Å². The number of rotatable bonds is 7. The summed E-state index contributed by atoms with van der Waals surface area (Å²) < 4.78 is 6.41. The third-order valence-electron chi connectivity index (χ3n) is 8.58. The third kappa shape index (κ3) is 4.78. The Kier molecular flexibility index (Phi) is 7.35. The second-order valence-corrected chi connectivity index (χ2v) is 11.2. The number of para-hydroxylation sites is 1. The molecule has 6 rings (SSSR count). The van der Waals surface area contributed by atoms with Crippen LogP contribution < -0.4 is 4.90 Å². The minimum Gasteiger partial charge on any atom is -0.508 e. The molecule has 3 aromatic carbocycles. The maximum atomic E-state index is 13.7. The Morgan fingerprint density at radius 1 is 1.00 bits per heavy atom. The van der Waals surface area contributed by atoms with Crippen molar-refractivity contribution in [3.63, 3.8) is 0 Å². The number of anilines is 1. The van der Waals surface area contributed by atoms with Gasteiger partial charge in [0.25, 0.3) is 0 Å². The maximum absolute atomic E-state index is 13.7. The fourth-order valence-electron chi connectivity index (χ4n) is 6.70. The SMILES string of the molecule is CCC1=C2[C@@H](CC/C(=C/c3ccc(O)cc3Cl)c3ccccc3)OC[C@@H]2[C@@H]2C(=O)N(c3ccccc3)C(=O)[C@@H]2C1. The van der Waals surface area contributed by atoms with Gasteiger partial charge in [0.15, 0.2) is 0 Å². The highest BCUT2D eigenvalue weighted by Gasteiger charge is 2.57. The van der Waals surface area contributed by atoms with Crippen molar-refractivity contribution >= 4 is 40.8 Å². The lowest BCUT2D eigenvalue weighted by atomic mass is 9.69. The first-order valence-electron chi connectivity index (χ1n) is 14.0. The summed E-state index contributed by atoms with van der Waals surface area (Å²) in [4.78, 5) is 28.6. The number of imide groups is 1. The molecule has 3 aromatic rings. The molecule has 40 heavy (non-hydrogen) atoms. The average molecular weight is 554 g/mol. The number of phenols is 1. The van der Waals surface area contributed by atoms with Crippen molar-refractivity contribution in [2.75, 3.05) is 11.5 Å². The van der Waals surface area contributed by atoms with E-state index in [0.717, 1.165) is 36.0 Å². The van der Waals surface area contributed by atoms with Gasteiger partial charge in [0, 0.05) is 5.92 Å². The van der Waals surface area contributed by atoms with Gasteiger partial charge in [-0.3, -0.25) is 14.5 Å². The summed E-state index contributed by atoms with van der Waals surface area (Å²) in [6.45, 7) is 2.59. The highest BCUT2D eigenvalue weighted by molar-refractivity contribution is 6.32. The van der Waals surface area contributed by atoms with Gasteiger partial charge < -0.3 is 9.84 Å². The van der Waals surface area contributed by atoms with Crippen LogP contribution in [0, 0.1) is 17.8 Å². The quantitative estimate of drug-likeness (QED) is 0.189. The van der Waals surface area contributed by atoms with Gasteiger partial charge in [0.05, 0.1) is 35.3 Å². The molecular formula is C34H32ClNO4. The number of amides is 2. The second-order valence-electron chi connectivity index (χ2n) is 10.8. The molecule has 0 unspecified atom stereocenters. The third-order valence-corrected chi connectivity index (χ3v) is 8.91. The van der Waals surface area contributed by atoms with Crippen molar-refractivity contribution < 1.29 is 19.4 Å². The number of phenolic OH excluding ortho intramolecular Hbond substituents is 1. The number of benzene rings is 3. The highest BCUT2D eigenvalue weighted by atomic mass is 35.5. The number of hydrogen-bond acceptors (Lipinski definition) is 4. The molecule has 5 nitrogen and oxygen atoms in total. The van der Waals surface area contributed by atoms with Crippen LogP contribution in [0.1, 0.15) is 43.7 Å². The Labute approximate surface area is 239 Å². The largest absolute Gasteiger partial charge is 0.508 e. The van der Waals surface area contributed by atoms with Crippen LogP contribution >= 0.6 is 11.6 Å². The molecule has 0 spiro atoms. The summed E-state index contributed by atoms with van der Waals surface area (Å²) >= 11 is 6.45. The van der Waals surface area contributed by atoms with E-state index in [2.05, 4.69) is 25.1 Å². The average Bonchev–Trinajstić information content (AvgIpc) is 3.50. The lowest BCUT2D eigenvalue weighted by Gasteiger charge is -2.31. The van der Waals surface area contributed by atoms with Crippen LogP contribution in [0.2, 0.25) is 5.02 Å². The first-order valence-corrected chi connectivity index (χ1v) is 14.3. The number of ether oxygens (including phenoxy) is 1. The Morgan fingerprint density at radius 3 is 2.42 bits per heavy atom. The number of fused-ring (bicyclic) bond motifs is 3. The van der Waals surface area contributed by atoms with E-state index in [0.29, 0.717) is 23.7 Å². The fourth-order valence-corrected chi connectivity index (χ4v) is 6.93. The van der Waals surface area contributed by atoms with Gasteiger partial charge in [-0.2, -0.15) is 0 Å². The van der Waals surface area contributed by atoms with Crippen LogP contribution in [0.4, 0.5) is 5.69 Å². The standard InChI is InChI=1S/C34H32ClNO4/c1-2-21-18-27-32(34(39)36(33(27)38)25-11-7-4-8-12-25)28-20-40-30(31(21)28)16-14-23(22-9-5-3-6-10-22)17-24-13-15-26(37)19-29(24)35/h3-13,15,17,19,27-28,30,32,37H,2,14,16,18,20H2,1H3/b23-17-/t27-,28+,30-,32-/m1/s1. The molecule has 2 heterocycles. The number of halogens is 1. The van der Waals surface area contributed by atoms with Gasteiger partial charge in [-0.1, -0.05) is 72.6 Å². The van der Waals surface area contributed by atoms with Crippen LogP contribution in [0.5, 0.6) is 5.75 Å². The van der Waals surface area contributed by atoms with Crippen LogP contribution in [-0.4, -0.2) is 29.6 Å². The predicted molar refractivity (Wildman–Crippen MR) is 158 cm³/mol. The number of nitrogens with zero attached hydrogens (tertiary/aromatic N) is 1. The van der Waals surface area contributed by atoms with E-state index in [9.17, 15) is 14.7 Å². The molecule has 1 aliphatic carbocycles. The molecule has 2 fully saturated rings. The first-order chi connectivity index (χ1) is 19.5. The second kappa shape index (κ2) is 11.1. The van der Waals surface area contributed by atoms with Crippen molar-refractivity contribution in [2.45, 2.75) is 38.7 Å². The van der Waals surface area contributed by atoms with Crippen molar-refractivity contribution in [3.8, 4) is 5.75 Å². The number of carbonyl (C=O) groups is 2. The van der Waals surface area contributed by atoms with Crippen molar-refractivity contribution in [1.82, 2.24) is 0 Å². The lowest BCUT2D eigenvalue weighted by Crippen LogP contribution is -2.34. The minimum atomic E-state index is -0.372. The number of hydrogen-bond donors (Lipinski definition) is 1. The van der Waals surface area contributed by atoms with E-state index in [-0.39, 0.29) is 41.4 Å². The zero-order chi connectivity index (χ0) is 27.8. The monoisotopic (exact) mass is 553 g/mol. The smallest absolute Gasteiger partial charge is 0.238 e. The fraction of sp³-hybridized carbons (Fsp3) is 0.294. The molecule has 2 amide bonds. The van der Waals surface area contributed by atoms with E-state index in [4.69, 9.17) is 16.3 Å². The van der Waals surface area contributed by atoms with Gasteiger partial charge in [0.2, 0.25) is 11.8 Å². The predicted octanol–water partition coefficient (Wildman–Crippen LogP) is 7.30. The first kappa shape index (κ1) is 26.5. The number of carbonyl (C=O) groups excluding carboxylic acids is 2. The molecular weight excluding hydrogens is 522 g/mol. The zero-order valence-electron chi connectivity index (χ0n) is 22.4. The summed E-state index contributed by atoms with van der Waals surface area (Å²) in [6.07, 6.45) is 4.94. The molecule has 0 aromatic heterocycles. The molecule has 3 aliphatic rings.